The van der Waals surface area contributed by atoms with Gasteiger partial charge in [-0.15, -0.1) is 10.2 Å². The van der Waals surface area contributed by atoms with Gasteiger partial charge in [-0.2, -0.15) is 0 Å². The van der Waals surface area contributed by atoms with Gasteiger partial charge in [0.2, 0.25) is 5.88 Å². The van der Waals surface area contributed by atoms with Crippen LogP contribution in [0, 0.1) is 0 Å². The Morgan fingerprint density at radius 3 is 2.59 bits per heavy atom. The third kappa shape index (κ3) is 3.59. The molecule has 1 saturated heterocycles. The van der Waals surface area contributed by atoms with Gasteiger partial charge in [0.15, 0.2) is 5.69 Å². The van der Waals surface area contributed by atoms with Gasteiger partial charge in [0.1, 0.15) is 0 Å². The van der Waals surface area contributed by atoms with E-state index in [2.05, 4.69) is 20.1 Å². The van der Waals surface area contributed by atoms with Crippen molar-refractivity contribution in [2.24, 2.45) is 10.2 Å². The number of likely N-dealkylation sites (tertiary alicyclic amines) is 1. The molecule has 1 aliphatic rings. The molecule has 7 heteroatoms. The fourth-order valence-corrected chi connectivity index (χ4v) is 3.46. The van der Waals surface area contributed by atoms with Crippen LogP contribution in [0.1, 0.15) is 29.6 Å². The number of hydrogen-bond acceptors (Lipinski definition) is 5. The zero-order valence-corrected chi connectivity index (χ0v) is 15.0. The van der Waals surface area contributed by atoms with E-state index in [4.69, 9.17) is 0 Å². The molecule has 3 aromatic rings. The molecule has 0 aliphatic carbocycles. The zero-order valence-electron chi connectivity index (χ0n) is 15.0. The average molecular weight is 363 g/mol. The van der Waals surface area contributed by atoms with Crippen molar-refractivity contribution in [1.82, 2.24) is 14.5 Å². The molecule has 0 bridgehead atoms. The minimum atomic E-state index is -0.468. The lowest BCUT2D eigenvalue weighted by molar-refractivity contribution is 0.0995. The maximum atomic E-state index is 12.2. The van der Waals surface area contributed by atoms with Crippen molar-refractivity contribution in [2.45, 2.75) is 25.9 Å². The lowest BCUT2D eigenvalue weighted by atomic mass is 10.1. The number of carbonyl (C=O) groups is 1. The highest BCUT2D eigenvalue weighted by atomic mass is 16.3. The van der Waals surface area contributed by atoms with E-state index < -0.39 is 5.91 Å². The van der Waals surface area contributed by atoms with Crippen LogP contribution in [0.4, 0.5) is 5.69 Å². The molecule has 27 heavy (non-hydrogen) atoms. The monoisotopic (exact) mass is 363 g/mol. The molecular formula is C20H21N5O2. The summed E-state index contributed by atoms with van der Waals surface area (Å²) in [5, 5.41) is 19.5. The number of benzene rings is 1. The first kappa shape index (κ1) is 17.4. The molecule has 0 saturated carbocycles. The summed E-state index contributed by atoms with van der Waals surface area (Å²) in [6, 6.07) is 10.8. The molecule has 2 aromatic heterocycles. The fourth-order valence-electron chi connectivity index (χ4n) is 3.46. The number of fused-ring (bicyclic) bond motifs is 1. The van der Waals surface area contributed by atoms with Crippen molar-refractivity contribution in [2.75, 3.05) is 13.1 Å². The second kappa shape index (κ2) is 7.67. The van der Waals surface area contributed by atoms with Crippen molar-refractivity contribution in [3.8, 4) is 5.88 Å². The maximum Gasteiger partial charge on any atom is 0.295 e. The van der Waals surface area contributed by atoms with Gasteiger partial charge < -0.3 is 5.11 Å². The SMILES string of the molecule is O=C(N=Nc1c(O)n(CN2CCCCC2)c2ccccc12)c1ccncc1. The summed E-state index contributed by atoms with van der Waals surface area (Å²) in [4.78, 5) is 18.4. The highest BCUT2D eigenvalue weighted by Gasteiger charge is 2.19. The van der Waals surface area contributed by atoms with Gasteiger partial charge in [0, 0.05) is 23.3 Å². The Bertz CT molecular complexity index is 975. The molecule has 138 valence electrons. The van der Waals surface area contributed by atoms with Crippen LogP contribution >= 0.6 is 0 Å². The lowest BCUT2D eigenvalue weighted by Crippen LogP contribution is -2.31. The molecule has 0 spiro atoms. The number of rotatable bonds is 4. The molecule has 0 unspecified atom stereocenters. The largest absolute Gasteiger partial charge is 0.493 e. The van der Waals surface area contributed by atoms with E-state index in [0.717, 1.165) is 24.0 Å². The summed E-state index contributed by atoms with van der Waals surface area (Å²) in [6.07, 6.45) is 6.67. The predicted molar refractivity (Wildman–Crippen MR) is 102 cm³/mol. The maximum absolute atomic E-state index is 12.2. The van der Waals surface area contributed by atoms with Gasteiger partial charge in [0.25, 0.3) is 5.91 Å². The minimum Gasteiger partial charge on any atom is -0.493 e. The van der Waals surface area contributed by atoms with E-state index >= 15 is 0 Å². The first-order chi connectivity index (χ1) is 13.2. The van der Waals surface area contributed by atoms with Gasteiger partial charge in [-0.25, -0.2) is 0 Å². The number of aromatic nitrogens is 2. The predicted octanol–water partition coefficient (Wildman–Crippen LogP) is 4.11. The quantitative estimate of drug-likeness (QED) is 0.707. The number of carbonyl (C=O) groups excluding carboxylic acids is 1. The van der Waals surface area contributed by atoms with Crippen molar-refractivity contribution in [3.63, 3.8) is 0 Å². The second-order valence-electron chi connectivity index (χ2n) is 6.68. The van der Waals surface area contributed by atoms with Crippen LogP contribution in [0.2, 0.25) is 0 Å². The first-order valence-corrected chi connectivity index (χ1v) is 9.12. The molecule has 1 aliphatic heterocycles. The van der Waals surface area contributed by atoms with E-state index in [1.54, 1.807) is 12.1 Å². The number of para-hydroxylation sites is 1. The third-order valence-corrected chi connectivity index (χ3v) is 4.88. The van der Waals surface area contributed by atoms with Gasteiger partial charge in [-0.05, 0) is 44.1 Å². The molecule has 3 heterocycles. The number of nitrogens with zero attached hydrogens (tertiary/aromatic N) is 5. The van der Waals surface area contributed by atoms with Crippen molar-refractivity contribution in [3.05, 3.63) is 54.4 Å². The molecule has 7 nitrogen and oxygen atoms in total. The summed E-state index contributed by atoms with van der Waals surface area (Å²) in [6.45, 7) is 2.63. The van der Waals surface area contributed by atoms with Gasteiger partial charge >= 0.3 is 0 Å². The molecule has 1 aromatic carbocycles. The second-order valence-corrected chi connectivity index (χ2v) is 6.68. The molecule has 0 atom stereocenters. The van der Waals surface area contributed by atoms with E-state index in [1.165, 1.54) is 31.7 Å². The molecule has 1 amide bonds. The summed E-state index contributed by atoms with van der Waals surface area (Å²) in [5.41, 5.74) is 1.61. The minimum absolute atomic E-state index is 0.0352. The number of amides is 1. The standard InChI is InChI=1S/C20H21N5O2/c26-19(15-8-10-21-11-9-15)23-22-18-16-6-2-3-7-17(16)25(20(18)27)14-24-12-4-1-5-13-24/h2-3,6-11,27H,1,4-5,12-14H2. The molecule has 1 fully saturated rings. The highest BCUT2D eigenvalue weighted by molar-refractivity contribution is 5.97. The van der Waals surface area contributed by atoms with Crippen LogP contribution in [0.15, 0.2) is 59.0 Å². The van der Waals surface area contributed by atoms with Crippen LogP contribution in [0.25, 0.3) is 10.9 Å². The van der Waals surface area contributed by atoms with Crippen molar-refractivity contribution >= 4 is 22.5 Å². The third-order valence-electron chi connectivity index (χ3n) is 4.88. The van der Waals surface area contributed by atoms with Crippen LogP contribution in [0.3, 0.4) is 0 Å². The van der Waals surface area contributed by atoms with E-state index in [0.29, 0.717) is 17.9 Å². The van der Waals surface area contributed by atoms with E-state index in [9.17, 15) is 9.90 Å². The fraction of sp³-hybridized carbons (Fsp3) is 0.300. The lowest BCUT2D eigenvalue weighted by Gasteiger charge is -2.27. The normalized spacial score (nSPS) is 15.6. The molecule has 0 radical (unpaired) electrons. The highest BCUT2D eigenvalue weighted by Crippen LogP contribution is 2.39. The molecular weight excluding hydrogens is 342 g/mol. The Kier molecular flexibility index (Phi) is 4.93. The topological polar surface area (TPSA) is 83.1 Å². The number of aromatic hydroxyl groups is 1. The van der Waals surface area contributed by atoms with E-state index in [-0.39, 0.29) is 5.88 Å². The molecule has 1 N–H and O–H groups in total. The van der Waals surface area contributed by atoms with E-state index in [1.807, 2.05) is 28.8 Å². The molecule has 4 rings (SSSR count). The number of hydrogen-bond donors (Lipinski definition) is 1. The first-order valence-electron chi connectivity index (χ1n) is 9.12. The smallest absolute Gasteiger partial charge is 0.295 e. The van der Waals surface area contributed by atoms with Crippen LogP contribution < -0.4 is 0 Å². The average Bonchev–Trinajstić information content (AvgIpc) is 2.99. The number of piperidine rings is 1. The van der Waals surface area contributed by atoms with Crippen LogP contribution in [0.5, 0.6) is 5.88 Å². The Hall–Kier alpha value is -3.06. The van der Waals surface area contributed by atoms with Crippen LogP contribution in [-0.2, 0) is 6.67 Å². The number of azo groups is 1. The zero-order chi connectivity index (χ0) is 18.6. The van der Waals surface area contributed by atoms with Crippen molar-refractivity contribution < 1.29 is 9.90 Å². The number of pyridine rings is 1. The van der Waals surface area contributed by atoms with Gasteiger partial charge in [-0.3, -0.25) is 19.2 Å². The summed E-state index contributed by atoms with van der Waals surface area (Å²) in [5.74, 6) is -0.433. The van der Waals surface area contributed by atoms with Crippen molar-refractivity contribution in [1.29, 1.82) is 0 Å². The van der Waals surface area contributed by atoms with Crippen LogP contribution in [-0.4, -0.2) is 38.6 Å². The van der Waals surface area contributed by atoms with Gasteiger partial charge in [0.05, 0.1) is 12.2 Å². The summed E-state index contributed by atoms with van der Waals surface area (Å²) < 4.78 is 1.84. The Balaban J connectivity index is 1.67. The summed E-state index contributed by atoms with van der Waals surface area (Å²) in [7, 11) is 0. The Labute approximate surface area is 157 Å². The summed E-state index contributed by atoms with van der Waals surface area (Å²) >= 11 is 0. The Morgan fingerprint density at radius 1 is 1.07 bits per heavy atom. The van der Waals surface area contributed by atoms with Gasteiger partial charge in [-0.1, -0.05) is 24.6 Å². The Morgan fingerprint density at radius 2 is 1.81 bits per heavy atom.